The van der Waals surface area contributed by atoms with Crippen LogP contribution in [-0.4, -0.2) is 61.3 Å². The summed E-state index contributed by atoms with van der Waals surface area (Å²) in [5.74, 6) is 0. The van der Waals surface area contributed by atoms with Gasteiger partial charge in [-0.1, -0.05) is 0 Å². The number of likely N-dealkylation sites (N-methyl/N-ethyl adjacent to an activating group) is 2. The average Bonchev–Trinajstić information content (AvgIpc) is 1.98. The van der Waals surface area contributed by atoms with E-state index in [1.165, 1.54) is 0 Å². The van der Waals surface area contributed by atoms with Crippen LogP contribution in [0.3, 0.4) is 0 Å². The summed E-state index contributed by atoms with van der Waals surface area (Å²) in [5.41, 5.74) is 0. The van der Waals surface area contributed by atoms with E-state index in [-0.39, 0.29) is 0 Å². The smallest absolute Gasteiger partial charge is 0.0446 e. The highest BCUT2D eigenvalue weighted by atomic mass is 16.3. The van der Waals surface area contributed by atoms with Crippen LogP contribution in [0.4, 0.5) is 0 Å². The van der Waals surface area contributed by atoms with Gasteiger partial charge in [-0.3, -0.25) is 0 Å². The van der Waals surface area contributed by atoms with Gasteiger partial charge in [0.25, 0.3) is 0 Å². The Labute approximate surface area is 68.6 Å². The maximum absolute atomic E-state index is 8.78. The van der Waals surface area contributed by atoms with Gasteiger partial charge in [-0.15, -0.1) is 0 Å². The molecule has 11 heavy (non-hydrogen) atoms. The molecule has 1 aliphatic rings. The first-order chi connectivity index (χ1) is 5.24. The van der Waals surface area contributed by atoms with E-state index in [1.807, 2.05) is 0 Å². The molecule has 1 aliphatic heterocycles. The Balaban J connectivity index is 2.34. The molecule has 1 atom stereocenters. The van der Waals surface area contributed by atoms with Crippen LogP contribution in [0.25, 0.3) is 0 Å². The van der Waals surface area contributed by atoms with E-state index in [0.29, 0.717) is 12.6 Å². The Bertz CT molecular complexity index is 119. The highest BCUT2D eigenvalue weighted by molar-refractivity contribution is 4.77. The Hall–Kier alpha value is -0.120. The number of hydrogen-bond donors (Lipinski definition) is 1. The Kier molecular flexibility index (Phi) is 3.30. The lowest BCUT2D eigenvalue weighted by Crippen LogP contribution is -2.50. The summed E-state index contributed by atoms with van der Waals surface area (Å²) in [6.07, 6.45) is 0.904. The zero-order valence-corrected chi connectivity index (χ0v) is 7.45. The van der Waals surface area contributed by atoms with E-state index in [2.05, 4.69) is 23.9 Å². The second-order valence-electron chi connectivity index (χ2n) is 3.41. The van der Waals surface area contributed by atoms with Crippen molar-refractivity contribution in [3.63, 3.8) is 0 Å². The van der Waals surface area contributed by atoms with E-state index in [0.717, 1.165) is 26.1 Å². The number of piperazine rings is 1. The van der Waals surface area contributed by atoms with Gasteiger partial charge in [0.05, 0.1) is 0 Å². The van der Waals surface area contributed by atoms with Gasteiger partial charge in [-0.2, -0.15) is 0 Å². The van der Waals surface area contributed by atoms with E-state index in [9.17, 15) is 0 Å². The summed E-state index contributed by atoms with van der Waals surface area (Å²) in [6.45, 7) is 3.68. The SMILES string of the molecule is CN1CCN(C)[C@H](CCO)C1. The molecular formula is C8H18N2O. The highest BCUT2D eigenvalue weighted by Gasteiger charge is 2.20. The van der Waals surface area contributed by atoms with Crippen molar-refractivity contribution in [3.8, 4) is 0 Å². The second-order valence-corrected chi connectivity index (χ2v) is 3.41. The Morgan fingerprint density at radius 2 is 2.09 bits per heavy atom. The van der Waals surface area contributed by atoms with E-state index in [4.69, 9.17) is 5.11 Å². The molecule has 0 aliphatic carbocycles. The molecule has 0 aromatic heterocycles. The zero-order chi connectivity index (χ0) is 8.27. The van der Waals surface area contributed by atoms with Crippen LogP contribution in [0.2, 0.25) is 0 Å². The lowest BCUT2D eigenvalue weighted by Gasteiger charge is -2.37. The van der Waals surface area contributed by atoms with Gasteiger partial charge in [-0.25, -0.2) is 0 Å². The van der Waals surface area contributed by atoms with E-state index < -0.39 is 0 Å². The van der Waals surface area contributed by atoms with Gasteiger partial charge >= 0.3 is 0 Å². The summed E-state index contributed by atoms with van der Waals surface area (Å²) >= 11 is 0. The summed E-state index contributed by atoms with van der Waals surface area (Å²) in [4.78, 5) is 4.65. The first-order valence-corrected chi connectivity index (χ1v) is 4.23. The topological polar surface area (TPSA) is 26.7 Å². The number of rotatable bonds is 2. The molecule has 1 heterocycles. The molecule has 0 saturated carbocycles. The fourth-order valence-corrected chi connectivity index (χ4v) is 1.56. The minimum absolute atomic E-state index is 0.308. The standard InChI is InChI=1S/C8H18N2O/c1-9-4-5-10(2)8(7-9)3-6-11/h8,11H,3-7H2,1-2H3/t8-/m1/s1. The molecule has 1 rings (SSSR count). The number of nitrogens with zero attached hydrogens (tertiary/aromatic N) is 2. The van der Waals surface area contributed by atoms with Crippen LogP contribution in [-0.2, 0) is 0 Å². The van der Waals surface area contributed by atoms with Crippen molar-refractivity contribution in [1.82, 2.24) is 9.80 Å². The number of aliphatic hydroxyl groups is 1. The van der Waals surface area contributed by atoms with Crippen molar-refractivity contribution in [2.45, 2.75) is 12.5 Å². The van der Waals surface area contributed by atoms with Crippen LogP contribution in [0.1, 0.15) is 6.42 Å². The molecule has 0 radical (unpaired) electrons. The molecule has 0 aromatic rings. The van der Waals surface area contributed by atoms with Crippen molar-refractivity contribution >= 4 is 0 Å². The van der Waals surface area contributed by atoms with Gasteiger partial charge in [0.2, 0.25) is 0 Å². The van der Waals surface area contributed by atoms with Crippen molar-refractivity contribution in [2.24, 2.45) is 0 Å². The summed E-state index contributed by atoms with van der Waals surface area (Å²) in [5, 5.41) is 8.78. The first kappa shape index (κ1) is 8.97. The maximum atomic E-state index is 8.78. The zero-order valence-electron chi connectivity index (χ0n) is 7.45. The maximum Gasteiger partial charge on any atom is 0.0446 e. The quantitative estimate of drug-likeness (QED) is 0.593. The number of hydrogen-bond acceptors (Lipinski definition) is 3. The van der Waals surface area contributed by atoms with Crippen molar-refractivity contribution < 1.29 is 5.11 Å². The third-order valence-electron chi connectivity index (χ3n) is 2.44. The second kappa shape index (κ2) is 4.04. The van der Waals surface area contributed by atoms with Crippen LogP contribution < -0.4 is 0 Å². The average molecular weight is 158 g/mol. The van der Waals surface area contributed by atoms with Crippen LogP contribution >= 0.6 is 0 Å². The number of aliphatic hydroxyl groups excluding tert-OH is 1. The Morgan fingerprint density at radius 1 is 1.36 bits per heavy atom. The molecule has 1 fully saturated rings. The van der Waals surface area contributed by atoms with Gasteiger partial charge in [0, 0.05) is 32.3 Å². The monoisotopic (exact) mass is 158 g/mol. The Morgan fingerprint density at radius 3 is 2.73 bits per heavy atom. The van der Waals surface area contributed by atoms with Crippen molar-refractivity contribution in [3.05, 3.63) is 0 Å². The fourth-order valence-electron chi connectivity index (χ4n) is 1.56. The van der Waals surface area contributed by atoms with Gasteiger partial charge in [-0.05, 0) is 20.5 Å². The molecule has 3 heteroatoms. The molecule has 0 aromatic carbocycles. The lowest BCUT2D eigenvalue weighted by molar-refractivity contribution is 0.0941. The normalized spacial score (nSPS) is 29.2. The molecule has 66 valence electrons. The van der Waals surface area contributed by atoms with Gasteiger partial charge in [0.1, 0.15) is 0 Å². The molecule has 0 unspecified atom stereocenters. The van der Waals surface area contributed by atoms with Crippen LogP contribution in [0.5, 0.6) is 0 Å². The molecule has 0 amide bonds. The molecule has 1 N–H and O–H groups in total. The third kappa shape index (κ3) is 2.43. The fraction of sp³-hybridized carbons (Fsp3) is 1.00. The van der Waals surface area contributed by atoms with E-state index >= 15 is 0 Å². The van der Waals surface area contributed by atoms with Gasteiger partial charge < -0.3 is 14.9 Å². The molecule has 0 spiro atoms. The van der Waals surface area contributed by atoms with Crippen LogP contribution in [0, 0.1) is 0 Å². The van der Waals surface area contributed by atoms with Crippen LogP contribution in [0.15, 0.2) is 0 Å². The van der Waals surface area contributed by atoms with E-state index in [1.54, 1.807) is 0 Å². The molecular weight excluding hydrogens is 140 g/mol. The van der Waals surface area contributed by atoms with Crippen molar-refractivity contribution in [1.29, 1.82) is 0 Å². The predicted octanol–water partition coefficient (Wildman–Crippen LogP) is -0.385. The first-order valence-electron chi connectivity index (χ1n) is 4.23. The highest BCUT2D eigenvalue weighted by Crippen LogP contribution is 2.08. The largest absolute Gasteiger partial charge is 0.396 e. The molecule has 3 nitrogen and oxygen atoms in total. The summed E-state index contributed by atoms with van der Waals surface area (Å²) in [6, 6.07) is 0.554. The summed E-state index contributed by atoms with van der Waals surface area (Å²) in [7, 11) is 4.27. The van der Waals surface area contributed by atoms with Gasteiger partial charge in [0.15, 0.2) is 0 Å². The molecule has 0 bridgehead atoms. The summed E-state index contributed by atoms with van der Waals surface area (Å²) < 4.78 is 0. The van der Waals surface area contributed by atoms with Crippen molar-refractivity contribution in [2.75, 3.05) is 40.3 Å². The minimum atomic E-state index is 0.308. The molecule has 1 saturated heterocycles. The predicted molar refractivity (Wildman–Crippen MR) is 45.6 cm³/mol. The third-order valence-corrected chi connectivity index (χ3v) is 2.44. The minimum Gasteiger partial charge on any atom is -0.396 e. The lowest BCUT2D eigenvalue weighted by atomic mass is 10.1.